The van der Waals surface area contributed by atoms with Gasteiger partial charge < -0.3 is 4.74 Å². The number of benzene rings is 1. The minimum atomic E-state index is -0.389. The van der Waals surface area contributed by atoms with Crippen molar-refractivity contribution in [2.75, 3.05) is 7.11 Å². The van der Waals surface area contributed by atoms with Crippen LogP contribution < -0.4 is 0 Å². The lowest BCUT2D eigenvalue weighted by atomic mass is 10.1. The fourth-order valence-corrected chi connectivity index (χ4v) is 3.40. The summed E-state index contributed by atoms with van der Waals surface area (Å²) >= 11 is 1.32. The van der Waals surface area contributed by atoms with Crippen LogP contribution in [-0.4, -0.2) is 38.1 Å². The van der Waals surface area contributed by atoms with Gasteiger partial charge in [0.2, 0.25) is 0 Å². The van der Waals surface area contributed by atoms with Crippen molar-refractivity contribution in [3.8, 4) is 17.1 Å². The van der Waals surface area contributed by atoms with Crippen LogP contribution in [0.3, 0.4) is 0 Å². The van der Waals surface area contributed by atoms with E-state index in [4.69, 9.17) is 4.74 Å². The first-order chi connectivity index (χ1) is 12.5. The van der Waals surface area contributed by atoms with Gasteiger partial charge in [-0.15, -0.1) is 10.2 Å². The molecule has 6 nitrogen and oxygen atoms in total. The molecule has 0 saturated carbocycles. The van der Waals surface area contributed by atoms with Crippen LogP contribution in [0.1, 0.15) is 18.1 Å². The summed E-state index contributed by atoms with van der Waals surface area (Å²) in [5.41, 5.74) is 4.24. The third-order valence-electron chi connectivity index (χ3n) is 4.14. The number of esters is 1. The molecule has 3 rings (SSSR count). The quantitative estimate of drug-likeness (QED) is 0.506. The number of hydrogen-bond acceptors (Lipinski definition) is 6. The van der Waals surface area contributed by atoms with Crippen LogP contribution in [0.25, 0.3) is 17.1 Å². The first-order valence-corrected chi connectivity index (χ1v) is 9.07. The molecule has 0 spiro atoms. The second-order valence-corrected chi connectivity index (χ2v) is 7.24. The second kappa shape index (κ2) is 7.70. The van der Waals surface area contributed by atoms with E-state index in [1.54, 1.807) is 19.3 Å². The molecule has 2 heterocycles. The number of aryl methyl sites for hydroxylation is 2. The molecular weight excluding hydrogens is 348 g/mol. The molecule has 3 aromatic rings. The number of nitrogens with zero attached hydrogens (tertiary/aromatic N) is 4. The van der Waals surface area contributed by atoms with Crippen LogP contribution in [0.15, 0.2) is 47.9 Å². The van der Waals surface area contributed by atoms with Crippen molar-refractivity contribution >= 4 is 17.7 Å². The molecule has 0 amide bonds. The van der Waals surface area contributed by atoms with Gasteiger partial charge in [-0.3, -0.25) is 14.3 Å². The first kappa shape index (κ1) is 18.1. The molecule has 0 aliphatic heterocycles. The molecule has 1 unspecified atom stereocenters. The molecule has 1 atom stereocenters. The van der Waals surface area contributed by atoms with Crippen LogP contribution in [0.5, 0.6) is 0 Å². The maximum atomic E-state index is 11.8. The van der Waals surface area contributed by atoms with E-state index in [1.807, 2.05) is 22.8 Å². The monoisotopic (exact) mass is 368 g/mol. The van der Waals surface area contributed by atoms with Crippen molar-refractivity contribution in [1.82, 2.24) is 19.7 Å². The van der Waals surface area contributed by atoms with Crippen molar-refractivity contribution in [2.24, 2.45) is 0 Å². The predicted octanol–water partition coefficient (Wildman–Crippen LogP) is 3.60. The lowest BCUT2D eigenvalue weighted by molar-refractivity contribution is -0.139. The molecule has 0 aliphatic carbocycles. The lowest BCUT2D eigenvalue weighted by Gasteiger charge is -2.13. The van der Waals surface area contributed by atoms with Crippen LogP contribution >= 0.6 is 11.8 Å². The largest absolute Gasteiger partial charge is 0.468 e. The topological polar surface area (TPSA) is 69.9 Å². The number of ether oxygens (including phenoxy) is 1. The predicted molar refractivity (Wildman–Crippen MR) is 101 cm³/mol. The molecule has 0 saturated heterocycles. The Hall–Kier alpha value is -2.67. The van der Waals surface area contributed by atoms with Crippen molar-refractivity contribution in [1.29, 1.82) is 0 Å². The van der Waals surface area contributed by atoms with E-state index < -0.39 is 0 Å². The Morgan fingerprint density at radius 2 is 1.85 bits per heavy atom. The molecule has 2 aromatic heterocycles. The van der Waals surface area contributed by atoms with E-state index in [-0.39, 0.29) is 11.2 Å². The van der Waals surface area contributed by atoms with Crippen molar-refractivity contribution in [3.05, 3.63) is 53.9 Å². The summed E-state index contributed by atoms with van der Waals surface area (Å²) in [5.74, 6) is 0.408. The summed E-state index contributed by atoms with van der Waals surface area (Å²) in [6, 6.07) is 9.97. The Morgan fingerprint density at radius 1 is 1.12 bits per heavy atom. The minimum Gasteiger partial charge on any atom is -0.468 e. The highest BCUT2D eigenvalue weighted by Crippen LogP contribution is 2.30. The van der Waals surface area contributed by atoms with Gasteiger partial charge in [0.15, 0.2) is 11.0 Å². The van der Waals surface area contributed by atoms with Gasteiger partial charge in [0.1, 0.15) is 5.25 Å². The number of pyridine rings is 1. The van der Waals surface area contributed by atoms with Crippen molar-refractivity contribution in [3.63, 3.8) is 0 Å². The number of methoxy groups -OCH3 is 1. The highest BCUT2D eigenvalue weighted by molar-refractivity contribution is 8.00. The first-order valence-electron chi connectivity index (χ1n) is 8.19. The maximum Gasteiger partial charge on any atom is 0.318 e. The van der Waals surface area contributed by atoms with Gasteiger partial charge in [-0.05, 0) is 56.2 Å². The zero-order valence-electron chi connectivity index (χ0n) is 15.1. The van der Waals surface area contributed by atoms with Gasteiger partial charge in [-0.2, -0.15) is 0 Å². The van der Waals surface area contributed by atoms with Gasteiger partial charge in [0.05, 0.1) is 12.8 Å². The smallest absolute Gasteiger partial charge is 0.318 e. The number of aromatic nitrogens is 4. The van der Waals surface area contributed by atoms with Gasteiger partial charge >= 0.3 is 5.97 Å². The highest BCUT2D eigenvalue weighted by atomic mass is 32.2. The van der Waals surface area contributed by atoms with Gasteiger partial charge in [-0.1, -0.05) is 17.8 Å². The fourth-order valence-electron chi connectivity index (χ4n) is 2.50. The van der Waals surface area contributed by atoms with Crippen LogP contribution in [0, 0.1) is 13.8 Å². The van der Waals surface area contributed by atoms with Crippen LogP contribution in [-0.2, 0) is 9.53 Å². The van der Waals surface area contributed by atoms with Gasteiger partial charge in [0.25, 0.3) is 0 Å². The molecule has 0 N–H and O–H groups in total. The summed E-state index contributed by atoms with van der Waals surface area (Å²) < 4.78 is 6.79. The zero-order chi connectivity index (χ0) is 18.7. The molecule has 7 heteroatoms. The van der Waals surface area contributed by atoms with E-state index in [9.17, 15) is 4.79 Å². The molecule has 0 bridgehead atoms. The molecule has 1 aromatic carbocycles. The van der Waals surface area contributed by atoms with E-state index in [2.05, 4.69) is 41.2 Å². The molecule has 26 heavy (non-hydrogen) atoms. The standard InChI is InChI=1S/C19H20N4O2S/c1-12-5-6-16(11-13(12)2)23-17(15-7-9-20-10-8-15)21-22-19(23)26-14(3)18(24)25-4/h5-11,14H,1-4H3. The number of rotatable bonds is 5. The number of carbonyl (C=O) groups is 1. The minimum absolute atomic E-state index is 0.296. The Labute approximate surface area is 156 Å². The summed E-state index contributed by atoms with van der Waals surface area (Å²) in [6.45, 7) is 5.94. The molecule has 0 fully saturated rings. The van der Waals surface area contributed by atoms with E-state index in [0.717, 1.165) is 11.3 Å². The number of carbonyl (C=O) groups excluding carboxylic acids is 1. The third-order valence-corrected chi connectivity index (χ3v) is 5.16. The lowest BCUT2D eigenvalue weighted by Crippen LogP contribution is -2.15. The van der Waals surface area contributed by atoms with Crippen molar-refractivity contribution < 1.29 is 9.53 Å². The zero-order valence-corrected chi connectivity index (χ0v) is 15.9. The third kappa shape index (κ3) is 3.62. The van der Waals surface area contributed by atoms with E-state index in [1.165, 1.54) is 30.0 Å². The van der Waals surface area contributed by atoms with Crippen LogP contribution in [0.4, 0.5) is 0 Å². The fraction of sp³-hybridized carbons (Fsp3) is 0.263. The molecule has 0 radical (unpaired) electrons. The highest BCUT2D eigenvalue weighted by Gasteiger charge is 2.22. The van der Waals surface area contributed by atoms with Crippen molar-refractivity contribution in [2.45, 2.75) is 31.2 Å². The summed E-state index contributed by atoms with van der Waals surface area (Å²) in [4.78, 5) is 15.9. The van der Waals surface area contributed by atoms with Crippen LogP contribution in [0.2, 0.25) is 0 Å². The number of thioether (sulfide) groups is 1. The van der Waals surface area contributed by atoms with E-state index in [0.29, 0.717) is 11.0 Å². The summed E-state index contributed by atoms with van der Waals surface area (Å²) in [5, 5.41) is 8.94. The second-order valence-electron chi connectivity index (χ2n) is 5.93. The summed E-state index contributed by atoms with van der Waals surface area (Å²) in [7, 11) is 1.38. The van der Waals surface area contributed by atoms with Gasteiger partial charge in [0, 0.05) is 18.0 Å². The Kier molecular flexibility index (Phi) is 5.37. The Balaban J connectivity index is 2.12. The normalized spacial score (nSPS) is 12.0. The maximum absolute atomic E-state index is 11.8. The average molecular weight is 368 g/mol. The molecular formula is C19H20N4O2S. The number of hydrogen-bond donors (Lipinski definition) is 0. The summed E-state index contributed by atoms with van der Waals surface area (Å²) in [6.07, 6.45) is 3.44. The SMILES string of the molecule is COC(=O)C(C)Sc1nnc(-c2ccncc2)n1-c1ccc(C)c(C)c1. The average Bonchev–Trinajstić information content (AvgIpc) is 3.07. The Bertz CT molecular complexity index is 925. The van der Waals surface area contributed by atoms with Gasteiger partial charge in [-0.25, -0.2) is 0 Å². The Morgan fingerprint density at radius 3 is 2.50 bits per heavy atom. The van der Waals surface area contributed by atoms with E-state index >= 15 is 0 Å². The molecule has 134 valence electrons. The molecule has 0 aliphatic rings.